The Morgan fingerprint density at radius 3 is 2.46 bits per heavy atom. The van der Waals surface area contributed by atoms with Crippen molar-refractivity contribution in [2.24, 2.45) is 7.05 Å². The van der Waals surface area contributed by atoms with Gasteiger partial charge in [-0.2, -0.15) is 0 Å². The molecule has 2 aromatic heterocycles. The van der Waals surface area contributed by atoms with E-state index in [1.54, 1.807) is 11.6 Å². The van der Waals surface area contributed by atoms with E-state index in [0.29, 0.717) is 6.54 Å². The molecule has 2 aliphatic heterocycles. The normalized spacial score (nSPS) is 18.4. The van der Waals surface area contributed by atoms with Crippen molar-refractivity contribution in [1.29, 1.82) is 0 Å². The summed E-state index contributed by atoms with van der Waals surface area (Å²) in [6, 6.07) is 4.51. The van der Waals surface area contributed by atoms with Crippen LogP contribution in [0, 0.1) is 6.92 Å². The molecule has 0 radical (unpaired) electrons. The summed E-state index contributed by atoms with van der Waals surface area (Å²) in [5, 5.41) is 0. The van der Waals surface area contributed by atoms with Gasteiger partial charge in [-0.15, -0.1) is 11.3 Å². The first-order valence-electron chi connectivity index (χ1n) is 8.68. The number of nitrogens with zero attached hydrogens (tertiary/aromatic N) is 4. The molecule has 5 nitrogen and oxygen atoms in total. The van der Waals surface area contributed by atoms with Crippen LogP contribution in [0.2, 0.25) is 0 Å². The van der Waals surface area contributed by atoms with Gasteiger partial charge < -0.3 is 0 Å². The summed E-state index contributed by atoms with van der Waals surface area (Å²) in [5.74, 6) is 0.796. The van der Waals surface area contributed by atoms with E-state index in [9.17, 15) is 4.79 Å². The van der Waals surface area contributed by atoms with Gasteiger partial charge in [0.1, 0.15) is 5.82 Å². The lowest BCUT2D eigenvalue weighted by Gasteiger charge is -2.13. The molecule has 4 rings (SSSR count). The Morgan fingerprint density at radius 1 is 1.08 bits per heavy atom. The monoisotopic (exact) mass is 344 g/mol. The van der Waals surface area contributed by atoms with Gasteiger partial charge in [0.15, 0.2) is 0 Å². The highest BCUT2D eigenvalue weighted by molar-refractivity contribution is 7.11. The molecular formula is C18H24N4OS. The maximum Gasteiger partial charge on any atom is 0.258 e. The van der Waals surface area contributed by atoms with Gasteiger partial charge in [-0.05, 0) is 45.0 Å². The lowest BCUT2D eigenvalue weighted by atomic mass is 10.2. The van der Waals surface area contributed by atoms with Crippen molar-refractivity contribution < 1.29 is 0 Å². The van der Waals surface area contributed by atoms with Gasteiger partial charge in [-0.1, -0.05) is 0 Å². The number of fused-ring (bicyclic) bond motifs is 1. The Hall–Kier alpha value is -1.50. The summed E-state index contributed by atoms with van der Waals surface area (Å²) < 4.78 is 1.65. The van der Waals surface area contributed by atoms with Gasteiger partial charge in [0.05, 0.1) is 11.3 Å². The quantitative estimate of drug-likeness (QED) is 0.853. The minimum Gasteiger partial charge on any atom is -0.300 e. The fourth-order valence-electron chi connectivity index (χ4n) is 3.68. The topological polar surface area (TPSA) is 41.4 Å². The summed E-state index contributed by atoms with van der Waals surface area (Å²) in [6.07, 6.45) is 2.68. The fourth-order valence-corrected chi connectivity index (χ4v) is 4.78. The number of aromatic nitrogens is 2. The van der Waals surface area contributed by atoms with E-state index >= 15 is 0 Å². The highest BCUT2D eigenvalue weighted by atomic mass is 32.1. The molecule has 0 aliphatic carbocycles. The second kappa shape index (κ2) is 6.43. The van der Waals surface area contributed by atoms with Crippen molar-refractivity contribution in [3.63, 3.8) is 0 Å². The Bertz CT molecular complexity index is 804. The Kier molecular flexibility index (Phi) is 4.28. The van der Waals surface area contributed by atoms with Gasteiger partial charge in [-0.3, -0.25) is 19.2 Å². The van der Waals surface area contributed by atoms with Gasteiger partial charge in [0, 0.05) is 43.0 Å². The van der Waals surface area contributed by atoms with Crippen LogP contribution in [0.4, 0.5) is 0 Å². The molecule has 6 heteroatoms. The maximum absolute atomic E-state index is 12.4. The van der Waals surface area contributed by atoms with Gasteiger partial charge in [0.2, 0.25) is 0 Å². The standard InChI is InChI=1S/C18H24N4OS/c1-13-19-17-12-22(11-16(17)18(23)20(13)2)10-15-6-5-14(24-15)9-21-7-3-4-8-21/h5-6H,3-4,7-12H2,1-2H3. The first-order valence-corrected chi connectivity index (χ1v) is 9.49. The Morgan fingerprint density at radius 2 is 1.75 bits per heavy atom. The second-order valence-corrected chi connectivity index (χ2v) is 8.20. The summed E-state index contributed by atoms with van der Waals surface area (Å²) >= 11 is 1.91. The van der Waals surface area contributed by atoms with Crippen LogP contribution in [0.5, 0.6) is 0 Å². The first kappa shape index (κ1) is 16.0. The van der Waals surface area contributed by atoms with Crippen LogP contribution in [0.1, 0.15) is 39.7 Å². The molecule has 24 heavy (non-hydrogen) atoms. The van der Waals surface area contributed by atoms with Crippen LogP contribution in [-0.4, -0.2) is 32.4 Å². The summed E-state index contributed by atoms with van der Waals surface area (Å²) in [7, 11) is 1.80. The molecule has 0 atom stereocenters. The molecule has 0 N–H and O–H groups in total. The van der Waals surface area contributed by atoms with Crippen molar-refractivity contribution in [2.45, 2.75) is 45.9 Å². The van der Waals surface area contributed by atoms with E-state index in [1.807, 2.05) is 18.3 Å². The van der Waals surface area contributed by atoms with Crippen LogP contribution in [0.3, 0.4) is 0 Å². The smallest absolute Gasteiger partial charge is 0.258 e. The van der Waals surface area contributed by atoms with E-state index in [2.05, 4.69) is 26.9 Å². The summed E-state index contributed by atoms with van der Waals surface area (Å²) in [4.78, 5) is 24.7. The zero-order valence-electron chi connectivity index (χ0n) is 14.4. The molecule has 0 aromatic carbocycles. The van der Waals surface area contributed by atoms with E-state index in [0.717, 1.165) is 36.7 Å². The molecule has 2 aromatic rings. The average Bonchev–Trinajstić information content (AvgIpc) is 3.28. The van der Waals surface area contributed by atoms with Crippen LogP contribution >= 0.6 is 11.3 Å². The van der Waals surface area contributed by atoms with Gasteiger partial charge >= 0.3 is 0 Å². The molecule has 0 amide bonds. The largest absolute Gasteiger partial charge is 0.300 e. The average molecular weight is 344 g/mol. The number of hydrogen-bond acceptors (Lipinski definition) is 5. The molecule has 4 heterocycles. The van der Waals surface area contributed by atoms with Crippen molar-refractivity contribution in [1.82, 2.24) is 19.4 Å². The van der Waals surface area contributed by atoms with Gasteiger partial charge in [-0.25, -0.2) is 4.98 Å². The number of thiophene rings is 1. The van der Waals surface area contributed by atoms with E-state index in [4.69, 9.17) is 0 Å². The third-order valence-corrected chi connectivity index (χ3v) is 6.18. The van der Waals surface area contributed by atoms with Crippen molar-refractivity contribution in [3.05, 3.63) is 49.3 Å². The first-order chi connectivity index (χ1) is 11.6. The molecule has 1 fully saturated rings. The number of likely N-dealkylation sites (tertiary alicyclic amines) is 1. The van der Waals surface area contributed by atoms with Crippen molar-refractivity contribution >= 4 is 11.3 Å². The molecule has 0 bridgehead atoms. The predicted octanol–water partition coefficient (Wildman–Crippen LogP) is 2.26. The molecule has 0 spiro atoms. The zero-order valence-corrected chi connectivity index (χ0v) is 15.2. The third kappa shape index (κ3) is 3.06. The highest BCUT2D eigenvalue weighted by Crippen LogP contribution is 2.25. The van der Waals surface area contributed by atoms with Crippen molar-refractivity contribution in [2.75, 3.05) is 13.1 Å². The number of hydrogen-bond donors (Lipinski definition) is 0. The van der Waals surface area contributed by atoms with Crippen LogP contribution in [0.15, 0.2) is 16.9 Å². The molecule has 1 saturated heterocycles. The van der Waals surface area contributed by atoms with Crippen LogP contribution in [0.25, 0.3) is 0 Å². The zero-order chi connectivity index (χ0) is 16.7. The van der Waals surface area contributed by atoms with E-state index < -0.39 is 0 Å². The Balaban J connectivity index is 1.43. The SMILES string of the molecule is Cc1nc2c(c(=O)n1C)CN(Cc1ccc(CN3CCCC3)s1)C2. The predicted molar refractivity (Wildman–Crippen MR) is 96.0 cm³/mol. The Labute approximate surface area is 146 Å². The highest BCUT2D eigenvalue weighted by Gasteiger charge is 2.25. The molecular weight excluding hydrogens is 320 g/mol. The minimum absolute atomic E-state index is 0.112. The maximum atomic E-state index is 12.4. The molecule has 0 unspecified atom stereocenters. The van der Waals surface area contributed by atoms with Crippen LogP contribution in [-0.2, 0) is 33.2 Å². The summed E-state index contributed by atoms with van der Waals surface area (Å²) in [6.45, 7) is 7.87. The fraction of sp³-hybridized carbons (Fsp3) is 0.556. The van der Waals surface area contributed by atoms with Crippen LogP contribution < -0.4 is 5.56 Å². The minimum atomic E-state index is 0.112. The lowest BCUT2D eigenvalue weighted by molar-refractivity contribution is 0.276. The van der Waals surface area contributed by atoms with E-state index in [1.165, 1.54) is 35.7 Å². The molecule has 128 valence electrons. The molecule has 0 saturated carbocycles. The van der Waals surface area contributed by atoms with Gasteiger partial charge in [0.25, 0.3) is 5.56 Å². The summed E-state index contributed by atoms with van der Waals surface area (Å²) in [5.41, 5.74) is 1.95. The number of rotatable bonds is 4. The third-order valence-electron chi connectivity index (χ3n) is 5.12. The number of aryl methyl sites for hydroxylation is 1. The lowest BCUT2D eigenvalue weighted by Crippen LogP contribution is -2.25. The van der Waals surface area contributed by atoms with E-state index in [-0.39, 0.29) is 5.56 Å². The molecule has 2 aliphatic rings. The second-order valence-electron chi connectivity index (χ2n) is 6.94. The van der Waals surface area contributed by atoms with Crippen molar-refractivity contribution in [3.8, 4) is 0 Å².